The molecule has 1 aromatic heterocycles. The Morgan fingerprint density at radius 2 is 1.74 bits per heavy atom. The maximum absolute atomic E-state index is 13.9. The van der Waals surface area contributed by atoms with Gasteiger partial charge in [-0.15, -0.1) is 10.2 Å². The first-order chi connectivity index (χ1) is 9.16. The van der Waals surface area contributed by atoms with E-state index in [1.807, 2.05) is 0 Å². The first kappa shape index (κ1) is 12.0. The summed E-state index contributed by atoms with van der Waals surface area (Å²) in [5, 5.41) is 7.86. The molecule has 2 aromatic rings. The van der Waals surface area contributed by atoms with Gasteiger partial charge in [-0.25, -0.2) is 8.78 Å². The molecule has 1 aliphatic carbocycles. The van der Waals surface area contributed by atoms with Gasteiger partial charge in [0.05, 0.1) is 5.69 Å². The topological polar surface area (TPSA) is 51.8 Å². The van der Waals surface area contributed by atoms with Crippen molar-refractivity contribution in [3.8, 4) is 11.3 Å². The quantitative estimate of drug-likeness (QED) is 0.858. The minimum Gasteiger partial charge on any atom is -0.382 e. The number of halogens is 2. The van der Waals surface area contributed by atoms with Crippen LogP contribution in [0.3, 0.4) is 0 Å². The van der Waals surface area contributed by atoms with Crippen molar-refractivity contribution in [2.75, 3.05) is 5.73 Å². The lowest BCUT2D eigenvalue weighted by molar-refractivity contribution is 0.601. The van der Waals surface area contributed by atoms with Crippen molar-refractivity contribution in [3.05, 3.63) is 41.0 Å². The predicted octanol–water partition coefficient (Wildman–Crippen LogP) is 2.88. The fourth-order valence-electron chi connectivity index (χ4n) is 2.57. The van der Waals surface area contributed by atoms with Crippen LogP contribution in [0.1, 0.15) is 24.0 Å². The molecule has 0 saturated heterocycles. The second kappa shape index (κ2) is 4.57. The number of hydrogen-bond acceptors (Lipinski definition) is 3. The average molecular weight is 261 g/mol. The van der Waals surface area contributed by atoms with E-state index >= 15 is 0 Å². The molecule has 3 nitrogen and oxygen atoms in total. The van der Waals surface area contributed by atoms with Gasteiger partial charge in [-0.05, 0) is 49.4 Å². The van der Waals surface area contributed by atoms with E-state index in [9.17, 15) is 8.78 Å². The predicted molar refractivity (Wildman–Crippen MR) is 68.4 cm³/mol. The highest BCUT2D eigenvalue weighted by Crippen LogP contribution is 2.33. The van der Waals surface area contributed by atoms with E-state index in [2.05, 4.69) is 10.2 Å². The summed E-state index contributed by atoms with van der Waals surface area (Å²) < 4.78 is 27.2. The molecule has 3 rings (SSSR count). The lowest BCUT2D eigenvalue weighted by atomic mass is 9.89. The highest BCUT2D eigenvalue weighted by atomic mass is 19.1. The van der Waals surface area contributed by atoms with E-state index in [0.29, 0.717) is 11.5 Å². The van der Waals surface area contributed by atoms with Gasteiger partial charge >= 0.3 is 0 Å². The smallest absolute Gasteiger partial charge is 0.149 e. The molecule has 0 bridgehead atoms. The monoisotopic (exact) mass is 261 g/mol. The Morgan fingerprint density at radius 3 is 2.53 bits per heavy atom. The number of nitrogens with two attached hydrogens (primary N) is 1. The number of benzene rings is 1. The second-order valence-electron chi connectivity index (χ2n) is 4.72. The zero-order chi connectivity index (χ0) is 13.4. The van der Waals surface area contributed by atoms with Crippen LogP contribution in [0.4, 0.5) is 14.6 Å². The van der Waals surface area contributed by atoms with Crippen LogP contribution in [-0.2, 0) is 12.8 Å². The van der Waals surface area contributed by atoms with Gasteiger partial charge in [0.1, 0.15) is 17.5 Å². The average Bonchev–Trinajstić information content (AvgIpc) is 2.43. The molecule has 0 aliphatic heterocycles. The van der Waals surface area contributed by atoms with Crippen molar-refractivity contribution in [3.63, 3.8) is 0 Å². The van der Waals surface area contributed by atoms with Crippen molar-refractivity contribution < 1.29 is 8.78 Å². The molecule has 0 atom stereocenters. The Hall–Kier alpha value is -2.04. The summed E-state index contributed by atoms with van der Waals surface area (Å²) >= 11 is 0. The number of fused-ring (bicyclic) bond motifs is 1. The molecule has 0 radical (unpaired) electrons. The summed E-state index contributed by atoms with van der Waals surface area (Å²) in [5.74, 6) is -0.580. The Labute approximate surface area is 109 Å². The first-order valence-corrected chi connectivity index (χ1v) is 6.26. The molecule has 1 aromatic carbocycles. The lowest BCUT2D eigenvalue weighted by Crippen LogP contribution is -2.12. The second-order valence-corrected chi connectivity index (χ2v) is 4.72. The van der Waals surface area contributed by atoms with E-state index < -0.39 is 11.6 Å². The maximum atomic E-state index is 13.9. The fourth-order valence-corrected chi connectivity index (χ4v) is 2.57. The summed E-state index contributed by atoms with van der Waals surface area (Å²) in [6.07, 6.45) is 3.64. The van der Waals surface area contributed by atoms with Crippen molar-refractivity contribution in [1.29, 1.82) is 0 Å². The fraction of sp³-hybridized carbons (Fsp3) is 0.286. The number of nitrogen functional groups attached to an aromatic ring is 1. The van der Waals surface area contributed by atoms with E-state index in [0.717, 1.165) is 55.0 Å². The molecule has 0 spiro atoms. The molecular formula is C14H13F2N3. The van der Waals surface area contributed by atoms with Gasteiger partial charge in [0.2, 0.25) is 0 Å². The van der Waals surface area contributed by atoms with Gasteiger partial charge < -0.3 is 5.73 Å². The highest BCUT2D eigenvalue weighted by molar-refractivity contribution is 5.67. The number of hydrogen-bond donors (Lipinski definition) is 1. The third-order valence-corrected chi connectivity index (χ3v) is 3.50. The SMILES string of the molecule is Nc1nnc(-c2cc(F)ccc2F)c2c1CCCC2. The van der Waals surface area contributed by atoms with Gasteiger partial charge in [-0.1, -0.05) is 0 Å². The highest BCUT2D eigenvalue weighted by Gasteiger charge is 2.21. The Morgan fingerprint density at radius 1 is 1.00 bits per heavy atom. The molecule has 98 valence electrons. The Balaban J connectivity index is 2.23. The van der Waals surface area contributed by atoms with Crippen LogP contribution in [0, 0.1) is 11.6 Å². The summed E-state index contributed by atoms with van der Waals surface area (Å²) in [6.45, 7) is 0. The van der Waals surface area contributed by atoms with Crippen molar-refractivity contribution >= 4 is 5.82 Å². The molecular weight excluding hydrogens is 248 g/mol. The van der Waals surface area contributed by atoms with Crippen LogP contribution in [0.15, 0.2) is 18.2 Å². The standard InChI is InChI=1S/C14H13F2N3/c15-8-5-6-12(16)11(7-8)13-9-3-1-2-4-10(9)14(17)19-18-13/h5-7H,1-4H2,(H2,17,19). The van der Waals surface area contributed by atoms with Crippen molar-refractivity contribution in [1.82, 2.24) is 10.2 Å². The number of anilines is 1. The molecule has 0 saturated carbocycles. The molecule has 1 heterocycles. The van der Waals surface area contributed by atoms with Crippen molar-refractivity contribution in [2.45, 2.75) is 25.7 Å². The Bertz CT molecular complexity index is 641. The van der Waals surface area contributed by atoms with E-state index in [1.165, 1.54) is 0 Å². The summed E-state index contributed by atoms with van der Waals surface area (Å²) in [6, 6.07) is 3.36. The maximum Gasteiger partial charge on any atom is 0.149 e. The normalized spacial score (nSPS) is 14.2. The summed E-state index contributed by atoms with van der Waals surface area (Å²) in [5.41, 5.74) is 8.23. The molecule has 5 heteroatoms. The van der Waals surface area contributed by atoms with E-state index in [-0.39, 0.29) is 5.56 Å². The van der Waals surface area contributed by atoms with E-state index in [1.54, 1.807) is 0 Å². The van der Waals surface area contributed by atoms with Crippen molar-refractivity contribution in [2.24, 2.45) is 0 Å². The number of nitrogens with zero attached hydrogens (tertiary/aromatic N) is 2. The minimum absolute atomic E-state index is 0.158. The Kier molecular flexibility index (Phi) is 2.89. The molecule has 1 aliphatic rings. The van der Waals surface area contributed by atoms with Crippen LogP contribution in [0.5, 0.6) is 0 Å². The van der Waals surface area contributed by atoms with Gasteiger partial charge in [0.15, 0.2) is 0 Å². The lowest BCUT2D eigenvalue weighted by Gasteiger charge is -2.19. The van der Waals surface area contributed by atoms with Crippen LogP contribution >= 0.6 is 0 Å². The van der Waals surface area contributed by atoms with Gasteiger partial charge in [0, 0.05) is 11.1 Å². The van der Waals surface area contributed by atoms with Gasteiger partial charge in [0.25, 0.3) is 0 Å². The minimum atomic E-state index is -0.492. The largest absolute Gasteiger partial charge is 0.382 e. The van der Waals surface area contributed by atoms with Gasteiger partial charge in [-0.2, -0.15) is 0 Å². The number of aromatic nitrogens is 2. The van der Waals surface area contributed by atoms with Crippen LogP contribution in [0.2, 0.25) is 0 Å². The van der Waals surface area contributed by atoms with Crippen LogP contribution in [-0.4, -0.2) is 10.2 Å². The van der Waals surface area contributed by atoms with Crippen LogP contribution in [0.25, 0.3) is 11.3 Å². The van der Waals surface area contributed by atoms with E-state index in [4.69, 9.17) is 5.73 Å². The molecule has 0 unspecified atom stereocenters. The van der Waals surface area contributed by atoms with Crippen LogP contribution < -0.4 is 5.73 Å². The van der Waals surface area contributed by atoms with Gasteiger partial charge in [-0.3, -0.25) is 0 Å². The third kappa shape index (κ3) is 2.05. The molecule has 0 fully saturated rings. The third-order valence-electron chi connectivity index (χ3n) is 3.50. The zero-order valence-corrected chi connectivity index (χ0v) is 10.3. The summed E-state index contributed by atoms with van der Waals surface area (Å²) in [7, 11) is 0. The molecule has 19 heavy (non-hydrogen) atoms. The molecule has 0 amide bonds. The molecule has 2 N–H and O–H groups in total. The first-order valence-electron chi connectivity index (χ1n) is 6.26. The zero-order valence-electron chi connectivity index (χ0n) is 10.3. The summed E-state index contributed by atoms with van der Waals surface area (Å²) in [4.78, 5) is 0. The number of rotatable bonds is 1.